The molecule has 28 heavy (non-hydrogen) atoms. The Kier molecular flexibility index (Phi) is 3.39. The smallest absolute Gasteiger partial charge is 0.119 e. The fourth-order valence-corrected chi connectivity index (χ4v) is 6.99. The van der Waals surface area contributed by atoms with Crippen LogP contribution in [0.25, 0.3) is 21.9 Å². The van der Waals surface area contributed by atoms with Crippen molar-refractivity contribution in [2.45, 2.75) is 43.9 Å². The Morgan fingerprint density at radius 1 is 0.643 bits per heavy atom. The van der Waals surface area contributed by atoms with E-state index < -0.39 is 0 Å². The lowest BCUT2D eigenvalue weighted by Gasteiger charge is -2.57. The van der Waals surface area contributed by atoms with E-state index in [1.54, 1.807) is 12.1 Å². The molecule has 3 aromatic carbocycles. The van der Waals surface area contributed by atoms with Crippen LogP contribution in [-0.2, 0) is 5.41 Å². The monoisotopic (exact) mass is 370 g/mol. The van der Waals surface area contributed by atoms with Crippen LogP contribution in [0.5, 0.6) is 11.5 Å². The van der Waals surface area contributed by atoms with Gasteiger partial charge in [-0.05, 0) is 114 Å². The predicted octanol–water partition coefficient (Wildman–Crippen LogP) is 6.39. The lowest BCUT2D eigenvalue weighted by Crippen LogP contribution is -2.48. The molecule has 2 N–H and O–H groups in total. The van der Waals surface area contributed by atoms with Crippen LogP contribution in [0.15, 0.2) is 54.6 Å². The van der Waals surface area contributed by atoms with Gasteiger partial charge in [-0.15, -0.1) is 0 Å². The minimum Gasteiger partial charge on any atom is -0.508 e. The third kappa shape index (κ3) is 2.47. The topological polar surface area (TPSA) is 40.5 Å². The first-order valence-electron chi connectivity index (χ1n) is 10.6. The summed E-state index contributed by atoms with van der Waals surface area (Å²) in [6, 6.07) is 18.1. The summed E-state index contributed by atoms with van der Waals surface area (Å²) in [5.41, 5.74) is 3.73. The lowest BCUT2D eigenvalue weighted by atomic mass is 9.48. The molecule has 0 atom stereocenters. The van der Waals surface area contributed by atoms with Crippen molar-refractivity contribution in [2.75, 3.05) is 0 Å². The molecule has 4 saturated carbocycles. The number of benzene rings is 3. The first-order valence-corrected chi connectivity index (χ1v) is 10.6. The summed E-state index contributed by atoms with van der Waals surface area (Å²) in [5, 5.41) is 22.7. The van der Waals surface area contributed by atoms with Crippen LogP contribution in [0.4, 0.5) is 0 Å². The van der Waals surface area contributed by atoms with Gasteiger partial charge in [-0.3, -0.25) is 0 Å². The summed E-state index contributed by atoms with van der Waals surface area (Å²) in [7, 11) is 0. The van der Waals surface area contributed by atoms with E-state index in [9.17, 15) is 10.2 Å². The number of hydrogen-bond donors (Lipinski definition) is 2. The Morgan fingerprint density at radius 3 is 1.93 bits per heavy atom. The maximum Gasteiger partial charge on any atom is 0.119 e. The van der Waals surface area contributed by atoms with Gasteiger partial charge in [0.1, 0.15) is 11.5 Å². The molecule has 4 aliphatic rings. The highest BCUT2D eigenvalue weighted by atomic mass is 16.3. The molecule has 4 bridgehead atoms. The first-order chi connectivity index (χ1) is 13.6. The van der Waals surface area contributed by atoms with Crippen LogP contribution in [0.3, 0.4) is 0 Å². The third-order valence-corrected chi connectivity index (χ3v) is 7.76. The molecule has 4 aliphatic carbocycles. The van der Waals surface area contributed by atoms with Crippen molar-refractivity contribution in [3.63, 3.8) is 0 Å². The van der Waals surface area contributed by atoms with E-state index in [0.717, 1.165) is 28.5 Å². The van der Waals surface area contributed by atoms with E-state index in [1.165, 1.54) is 55.2 Å². The van der Waals surface area contributed by atoms with Gasteiger partial charge < -0.3 is 10.2 Å². The standard InChI is InChI=1S/C26H26O2/c27-23-5-3-20-10-19(1-2-21(20)11-23)22-4-6-25(28)24(12-22)26-13-16-7-17(14-26)9-18(8-16)15-26/h1-6,10-12,16-18,27-28H,7-9,13-15H2. The van der Waals surface area contributed by atoms with Crippen molar-refractivity contribution in [1.29, 1.82) is 0 Å². The highest BCUT2D eigenvalue weighted by molar-refractivity contribution is 5.88. The SMILES string of the molecule is Oc1ccc2cc(-c3ccc(O)c(C45CC6CC(CC(C6)C4)C5)c3)ccc2c1. The van der Waals surface area contributed by atoms with Crippen molar-refractivity contribution < 1.29 is 10.2 Å². The van der Waals surface area contributed by atoms with Crippen molar-refractivity contribution in [3.8, 4) is 22.6 Å². The molecule has 0 unspecified atom stereocenters. The van der Waals surface area contributed by atoms with Crippen molar-refractivity contribution in [3.05, 3.63) is 60.2 Å². The molecule has 142 valence electrons. The number of phenols is 2. The number of fused-ring (bicyclic) bond motifs is 1. The summed E-state index contributed by atoms with van der Waals surface area (Å²) in [5.74, 6) is 3.37. The summed E-state index contributed by atoms with van der Waals surface area (Å²) in [6.45, 7) is 0. The van der Waals surface area contributed by atoms with Crippen molar-refractivity contribution in [1.82, 2.24) is 0 Å². The zero-order valence-electron chi connectivity index (χ0n) is 16.1. The molecule has 0 heterocycles. The second-order valence-corrected chi connectivity index (χ2v) is 9.68. The predicted molar refractivity (Wildman–Crippen MR) is 113 cm³/mol. The van der Waals surface area contributed by atoms with E-state index in [2.05, 4.69) is 24.3 Å². The largest absolute Gasteiger partial charge is 0.508 e. The average molecular weight is 370 g/mol. The quantitative estimate of drug-likeness (QED) is 0.549. The maximum absolute atomic E-state index is 10.8. The van der Waals surface area contributed by atoms with E-state index in [-0.39, 0.29) is 5.41 Å². The number of hydrogen-bond acceptors (Lipinski definition) is 2. The minimum atomic E-state index is 0.192. The molecule has 0 aromatic heterocycles. The zero-order valence-corrected chi connectivity index (χ0v) is 16.1. The second kappa shape index (κ2) is 5.76. The molecule has 7 rings (SSSR count). The Bertz CT molecular complexity index is 1050. The highest BCUT2D eigenvalue weighted by Crippen LogP contribution is 2.62. The van der Waals surface area contributed by atoms with Crippen molar-refractivity contribution >= 4 is 10.8 Å². The van der Waals surface area contributed by atoms with Gasteiger partial charge in [-0.2, -0.15) is 0 Å². The average Bonchev–Trinajstić information content (AvgIpc) is 2.67. The zero-order chi connectivity index (χ0) is 18.9. The van der Waals surface area contributed by atoms with Crippen LogP contribution in [0.2, 0.25) is 0 Å². The van der Waals surface area contributed by atoms with Crippen LogP contribution in [0, 0.1) is 17.8 Å². The molecule has 0 saturated heterocycles. The molecule has 0 spiro atoms. The summed E-state index contributed by atoms with van der Waals surface area (Å²) < 4.78 is 0. The first kappa shape index (κ1) is 16.5. The van der Waals surface area contributed by atoms with Crippen LogP contribution in [0.1, 0.15) is 44.1 Å². The summed E-state index contributed by atoms with van der Waals surface area (Å²) >= 11 is 0. The summed E-state index contributed by atoms with van der Waals surface area (Å²) in [6.07, 6.45) is 8.01. The van der Waals surface area contributed by atoms with Gasteiger partial charge in [0, 0.05) is 5.56 Å². The molecule has 2 nitrogen and oxygen atoms in total. The molecular weight excluding hydrogens is 344 g/mol. The molecular formula is C26H26O2. The fourth-order valence-electron chi connectivity index (χ4n) is 6.99. The Balaban J connectivity index is 1.44. The molecule has 4 fully saturated rings. The van der Waals surface area contributed by atoms with E-state index in [0.29, 0.717) is 11.5 Å². The Labute approximate surface area is 165 Å². The Morgan fingerprint density at radius 2 is 1.21 bits per heavy atom. The van der Waals surface area contributed by atoms with Gasteiger partial charge >= 0.3 is 0 Å². The molecule has 0 radical (unpaired) electrons. The number of rotatable bonds is 2. The number of phenolic OH excluding ortho intramolecular Hbond substituents is 2. The molecule has 2 heteroatoms. The maximum atomic E-state index is 10.8. The van der Waals surface area contributed by atoms with Crippen LogP contribution >= 0.6 is 0 Å². The van der Waals surface area contributed by atoms with E-state index in [4.69, 9.17) is 0 Å². The fraction of sp³-hybridized carbons (Fsp3) is 0.385. The van der Waals surface area contributed by atoms with Gasteiger partial charge in [0.05, 0.1) is 0 Å². The minimum absolute atomic E-state index is 0.192. The number of aromatic hydroxyl groups is 2. The molecule has 0 aliphatic heterocycles. The summed E-state index contributed by atoms with van der Waals surface area (Å²) in [4.78, 5) is 0. The van der Waals surface area contributed by atoms with Crippen LogP contribution in [-0.4, -0.2) is 10.2 Å². The normalized spacial score (nSPS) is 30.8. The lowest BCUT2D eigenvalue weighted by molar-refractivity contribution is -0.00611. The van der Waals surface area contributed by atoms with Gasteiger partial charge in [0.2, 0.25) is 0 Å². The van der Waals surface area contributed by atoms with Gasteiger partial charge in [0.25, 0.3) is 0 Å². The molecule has 3 aromatic rings. The Hall–Kier alpha value is -2.48. The van der Waals surface area contributed by atoms with Crippen molar-refractivity contribution in [2.24, 2.45) is 17.8 Å². The van der Waals surface area contributed by atoms with Gasteiger partial charge in [0.15, 0.2) is 0 Å². The van der Waals surface area contributed by atoms with Gasteiger partial charge in [-0.1, -0.05) is 24.3 Å². The highest BCUT2D eigenvalue weighted by Gasteiger charge is 2.52. The van der Waals surface area contributed by atoms with Gasteiger partial charge in [-0.25, -0.2) is 0 Å². The van der Waals surface area contributed by atoms with E-state index in [1.807, 2.05) is 18.2 Å². The van der Waals surface area contributed by atoms with E-state index >= 15 is 0 Å². The molecule has 0 amide bonds. The van der Waals surface area contributed by atoms with Crippen LogP contribution < -0.4 is 0 Å². The second-order valence-electron chi connectivity index (χ2n) is 9.68. The third-order valence-electron chi connectivity index (χ3n) is 7.76.